The first kappa shape index (κ1) is 14.3. The topological polar surface area (TPSA) is 75.4 Å². The van der Waals surface area contributed by atoms with Crippen molar-refractivity contribution in [3.63, 3.8) is 0 Å². The van der Waals surface area contributed by atoms with Gasteiger partial charge in [-0.2, -0.15) is 0 Å². The number of hydrogen-bond acceptors (Lipinski definition) is 3. The van der Waals surface area contributed by atoms with Gasteiger partial charge in [-0.25, -0.2) is 4.39 Å². The van der Waals surface area contributed by atoms with Crippen molar-refractivity contribution in [2.24, 2.45) is 0 Å². The number of benzene rings is 1. The summed E-state index contributed by atoms with van der Waals surface area (Å²) in [4.78, 5) is 24.9. The van der Waals surface area contributed by atoms with E-state index in [-0.39, 0.29) is 23.5 Å². The number of hydrogen-bond donors (Lipinski definition) is 2. The SMILES string of the molecule is CC(=O)NC1CCN(C(=O)c2ccc(F)c(N)c2)CC1. The molecule has 1 aromatic carbocycles. The van der Waals surface area contributed by atoms with E-state index in [2.05, 4.69) is 5.32 Å². The molecule has 1 fully saturated rings. The van der Waals surface area contributed by atoms with Crippen LogP contribution in [-0.4, -0.2) is 35.8 Å². The predicted octanol–water partition coefficient (Wildman–Crippen LogP) is 1.15. The van der Waals surface area contributed by atoms with Gasteiger partial charge in [-0.3, -0.25) is 9.59 Å². The van der Waals surface area contributed by atoms with Gasteiger partial charge in [-0.05, 0) is 31.0 Å². The summed E-state index contributed by atoms with van der Waals surface area (Å²) in [7, 11) is 0. The van der Waals surface area contributed by atoms with Gasteiger partial charge in [0.25, 0.3) is 5.91 Å². The van der Waals surface area contributed by atoms with E-state index in [0.717, 1.165) is 12.8 Å². The molecule has 0 aliphatic carbocycles. The standard InChI is InChI=1S/C14H18FN3O2/c1-9(19)17-11-4-6-18(7-5-11)14(20)10-2-3-12(15)13(16)8-10/h2-3,8,11H,4-7,16H2,1H3,(H,17,19). The first-order valence-corrected chi connectivity index (χ1v) is 6.59. The second-order valence-electron chi connectivity index (χ2n) is 5.00. The molecule has 0 unspecified atom stereocenters. The molecule has 0 bridgehead atoms. The van der Waals surface area contributed by atoms with Crippen LogP contribution in [0.2, 0.25) is 0 Å². The highest BCUT2D eigenvalue weighted by molar-refractivity contribution is 5.95. The number of nitrogens with zero attached hydrogens (tertiary/aromatic N) is 1. The number of carbonyl (C=O) groups excluding carboxylic acids is 2. The van der Waals surface area contributed by atoms with Crippen molar-refractivity contribution < 1.29 is 14.0 Å². The number of amides is 2. The number of likely N-dealkylation sites (tertiary alicyclic amines) is 1. The summed E-state index contributed by atoms with van der Waals surface area (Å²) in [6, 6.07) is 4.12. The van der Waals surface area contributed by atoms with Gasteiger partial charge in [0.1, 0.15) is 5.82 Å². The van der Waals surface area contributed by atoms with Crippen LogP contribution in [-0.2, 0) is 4.79 Å². The average Bonchev–Trinajstić information content (AvgIpc) is 2.41. The van der Waals surface area contributed by atoms with Crippen molar-refractivity contribution in [2.45, 2.75) is 25.8 Å². The van der Waals surface area contributed by atoms with Gasteiger partial charge in [-0.1, -0.05) is 0 Å². The van der Waals surface area contributed by atoms with Crippen molar-refractivity contribution in [3.05, 3.63) is 29.6 Å². The van der Waals surface area contributed by atoms with Crippen LogP contribution in [0.25, 0.3) is 0 Å². The number of nitrogens with one attached hydrogen (secondary N) is 1. The van der Waals surface area contributed by atoms with Gasteiger partial charge in [0.15, 0.2) is 0 Å². The number of anilines is 1. The van der Waals surface area contributed by atoms with Crippen LogP contribution in [0.3, 0.4) is 0 Å². The molecule has 1 saturated heterocycles. The molecule has 0 atom stereocenters. The molecular formula is C14H18FN3O2. The van der Waals surface area contributed by atoms with Gasteiger partial charge < -0.3 is 16.0 Å². The first-order chi connectivity index (χ1) is 9.47. The molecule has 20 heavy (non-hydrogen) atoms. The molecule has 3 N–H and O–H groups in total. The Kier molecular flexibility index (Phi) is 4.22. The van der Waals surface area contributed by atoms with Gasteiger partial charge in [0.05, 0.1) is 5.69 Å². The zero-order chi connectivity index (χ0) is 14.7. The Morgan fingerprint density at radius 2 is 2.00 bits per heavy atom. The van der Waals surface area contributed by atoms with E-state index >= 15 is 0 Å². The lowest BCUT2D eigenvalue weighted by Gasteiger charge is -2.32. The largest absolute Gasteiger partial charge is 0.396 e. The number of piperidine rings is 1. The second-order valence-corrected chi connectivity index (χ2v) is 5.00. The van der Waals surface area contributed by atoms with Crippen molar-refractivity contribution >= 4 is 17.5 Å². The Bertz CT molecular complexity index is 525. The summed E-state index contributed by atoms with van der Waals surface area (Å²) >= 11 is 0. The fraction of sp³-hybridized carbons (Fsp3) is 0.429. The quantitative estimate of drug-likeness (QED) is 0.797. The van der Waals surface area contributed by atoms with Crippen LogP contribution in [0.15, 0.2) is 18.2 Å². The summed E-state index contributed by atoms with van der Waals surface area (Å²) in [5.74, 6) is -0.732. The molecule has 1 aromatic rings. The molecule has 0 radical (unpaired) electrons. The summed E-state index contributed by atoms with van der Waals surface area (Å²) in [6.07, 6.45) is 1.45. The summed E-state index contributed by atoms with van der Waals surface area (Å²) in [5, 5.41) is 2.85. The maximum atomic E-state index is 13.1. The van der Waals surface area contributed by atoms with Crippen molar-refractivity contribution in [3.8, 4) is 0 Å². The van der Waals surface area contributed by atoms with Crippen molar-refractivity contribution in [2.75, 3.05) is 18.8 Å². The summed E-state index contributed by atoms with van der Waals surface area (Å²) < 4.78 is 13.1. The van der Waals surface area contributed by atoms with Crippen LogP contribution in [0.5, 0.6) is 0 Å². The normalized spacial score (nSPS) is 16.0. The zero-order valence-corrected chi connectivity index (χ0v) is 11.4. The molecule has 108 valence electrons. The Morgan fingerprint density at radius 1 is 1.35 bits per heavy atom. The molecule has 2 amide bonds. The number of nitrogen functional groups attached to an aromatic ring is 1. The van der Waals surface area contributed by atoms with Crippen LogP contribution < -0.4 is 11.1 Å². The third-order valence-corrected chi connectivity index (χ3v) is 3.43. The van der Waals surface area contributed by atoms with Crippen LogP contribution in [0, 0.1) is 5.82 Å². The minimum absolute atomic E-state index is 0.0241. The fourth-order valence-electron chi connectivity index (χ4n) is 2.37. The van der Waals surface area contributed by atoms with E-state index < -0.39 is 5.82 Å². The molecule has 1 heterocycles. The van der Waals surface area contributed by atoms with Gasteiger partial charge in [-0.15, -0.1) is 0 Å². The van der Waals surface area contributed by atoms with E-state index in [9.17, 15) is 14.0 Å². The minimum atomic E-state index is -0.522. The predicted molar refractivity (Wildman–Crippen MR) is 73.6 cm³/mol. The third kappa shape index (κ3) is 3.26. The van der Waals surface area contributed by atoms with Crippen LogP contribution >= 0.6 is 0 Å². The van der Waals surface area contributed by atoms with Gasteiger partial charge >= 0.3 is 0 Å². The molecular weight excluding hydrogens is 261 g/mol. The highest BCUT2D eigenvalue weighted by atomic mass is 19.1. The number of carbonyl (C=O) groups is 2. The highest BCUT2D eigenvalue weighted by Crippen LogP contribution is 2.17. The summed E-state index contributed by atoms with van der Waals surface area (Å²) in [6.45, 7) is 2.63. The molecule has 1 aliphatic rings. The van der Waals surface area contributed by atoms with E-state index in [0.29, 0.717) is 18.7 Å². The van der Waals surface area contributed by atoms with Crippen molar-refractivity contribution in [1.82, 2.24) is 10.2 Å². The van der Waals surface area contributed by atoms with Gasteiger partial charge in [0, 0.05) is 31.6 Å². The van der Waals surface area contributed by atoms with E-state index in [1.165, 1.54) is 25.1 Å². The van der Waals surface area contributed by atoms with Crippen LogP contribution in [0.4, 0.5) is 10.1 Å². The highest BCUT2D eigenvalue weighted by Gasteiger charge is 2.24. The molecule has 5 nitrogen and oxygen atoms in total. The molecule has 0 aromatic heterocycles. The smallest absolute Gasteiger partial charge is 0.253 e. The second kappa shape index (κ2) is 5.90. The Labute approximate surface area is 116 Å². The maximum absolute atomic E-state index is 13.1. The fourth-order valence-corrected chi connectivity index (χ4v) is 2.37. The van der Waals surface area contributed by atoms with Crippen molar-refractivity contribution in [1.29, 1.82) is 0 Å². The Balaban J connectivity index is 1.97. The Hall–Kier alpha value is -2.11. The molecule has 2 rings (SSSR count). The van der Waals surface area contributed by atoms with E-state index in [4.69, 9.17) is 5.73 Å². The number of rotatable bonds is 2. The third-order valence-electron chi connectivity index (χ3n) is 3.43. The van der Waals surface area contributed by atoms with E-state index in [1.54, 1.807) is 4.90 Å². The maximum Gasteiger partial charge on any atom is 0.253 e. The van der Waals surface area contributed by atoms with Crippen LogP contribution in [0.1, 0.15) is 30.1 Å². The Morgan fingerprint density at radius 3 is 2.55 bits per heavy atom. The number of nitrogens with two attached hydrogens (primary N) is 1. The van der Waals surface area contributed by atoms with E-state index in [1.807, 2.05) is 0 Å². The lowest BCUT2D eigenvalue weighted by molar-refractivity contribution is -0.119. The monoisotopic (exact) mass is 279 g/mol. The lowest BCUT2D eigenvalue weighted by Crippen LogP contribution is -2.46. The average molecular weight is 279 g/mol. The number of halogens is 1. The molecule has 1 aliphatic heterocycles. The molecule has 6 heteroatoms. The van der Waals surface area contributed by atoms with Gasteiger partial charge in [0.2, 0.25) is 5.91 Å². The summed E-state index contributed by atoms with van der Waals surface area (Å²) in [5.41, 5.74) is 5.84. The molecule has 0 spiro atoms. The molecule has 0 saturated carbocycles. The first-order valence-electron chi connectivity index (χ1n) is 6.59. The zero-order valence-electron chi connectivity index (χ0n) is 11.4. The lowest BCUT2D eigenvalue weighted by atomic mass is 10.0. The minimum Gasteiger partial charge on any atom is -0.396 e.